The summed E-state index contributed by atoms with van der Waals surface area (Å²) in [4.78, 5) is 1.60. The second-order valence-corrected chi connectivity index (χ2v) is 4.24. The van der Waals surface area contributed by atoms with Crippen molar-refractivity contribution in [1.29, 1.82) is 0 Å². The van der Waals surface area contributed by atoms with E-state index in [1.54, 1.807) is 4.98 Å². The second kappa shape index (κ2) is 1.08. The first-order valence-corrected chi connectivity index (χ1v) is 4.76. The summed E-state index contributed by atoms with van der Waals surface area (Å²) in [7, 11) is 0. The Kier molecular flexibility index (Phi) is 0.740. The van der Waals surface area contributed by atoms with Crippen LogP contribution in [-0.2, 0) is 0 Å². The second-order valence-electron chi connectivity index (χ2n) is 1.05. The summed E-state index contributed by atoms with van der Waals surface area (Å²) < 4.78 is 2.46. The first-order valence-electron chi connectivity index (χ1n) is 1.65. The van der Waals surface area contributed by atoms with Gasteiger partial charge in [-0.1, -0.05) is 0 Å². The van der Waals surface area contributed by atoms with Gasteiger partial charge in [-0.2, -0.15) is 0 Å². The van der Waals surface area contributed by atoms with E-state index in [9.17, 15) is 0 Å². The molecule has 0 N–H and O–H groups in total. The third-order valence-corrected chi connectivity index (χ3v) is 3.46. The molecule has 1 aliphatic heterocycles. The molecule has 0 unspecified atom stereocenters. The molecule has 0 aromatic heterocycles. The van der Waals surface area contributed by atoms with E-state index in [1.807, 2.05) is 0 Å². The molecule has 20 valence electrons. The molecule has 0 radical (unpaired) electrons. The number of hydrogen-bond donors (Lipinski definition) is 0. The predicted molar refractivity (Wildman–Crippen MR) is 21.2 cm³/mol. The minimum absolute atomic E-state index is 0.368. The van der Waals surface area contributed by atoms with Gasteiger partial charge in [0.1, 0.15) is 0 Å². The fourth-order valence-electron chi connectivity index (χ4n) is 0.167. The van der Waals surface area contributed by atoms with Crippen LogP contribution < -0.4 is 0 Å². The van der Waals surface area contributed by atoms with E-state index in [0.717, 1.165) is 0 Å². The summed E-state index contributed by atoms with van der Waals surface area (Å²) >= 11 is 0.368. The van der Waals surface area contributed by atoms with Crippen LogP contribution in [0.2, 0.25) is 4.98 Å². The van der Waals surface area contributed by atoms with E-state index in [0.29, 0.717) is 17.0 Å². The predicted octanol–water partition coefficient (Wildman–Crippen LogP) is 0.315. The normalized spacial score (nSPS) is 18.0. The van der Waals surface area contributed by atoms with Crippen LogP contribution in [0, 0.1) is 0 Å². The Morgan fingerprint density at radius 3 is 2.00 bits per heavy atom. The van der Waals surface area contributed by atoms with Gasteiger partial charge in [0.2, 0.25) is 0 Å². The van der Waals surface area contributed by atoms with Crippen molar-refractivity contribution in [2.24, 2.45) is 0 Å². The standard InChI is InChI=1S/C3H5.Ga/c1-3-2;/h1H,2-3H2;. The molecule has 1 rings (SSSR count). The first kappa shape index (κ1) is 2.73. The molecular weight excluding hydrogens is 106 g/mol. The van der Waals surface area contributed by atoms with Crippen LogP contribution in [0.1, 0.15) is 6.42 Å². The van der Waals surface area contributed by atoms with Gasteiger partial charge >= 0.3 is 32.9 Å². The molecule has 1 heteroatoms. The van der Waals surface area contributed by atoms with E-state index >= 15 is 0 Å². The molecular formula is C3H5Ga. The van der Waals surface area contributed by atoms with Crippen molar-refractivity contribution in [2.75, 3.05) is 0 Å². The summed E-state index contributed by atoms with van der Waals surface area (Å²) in [5.74, 6) is 0. The SMILES string of the molecule is [CH]1=[Ga][CH2]C1. The summed E-state index contributed by atoms with van der Waals surface area (Å²) in [6, 6.07) is 0. The van der Waals surface area contributed by atoms with Gasteiger partial charge in [-0.15, -0.1) is 0 Å². The monoisotopic (exact) mass is 110 g/mol. The zero-order valence-electron chi connectivity index (χ0n) is 2.57. The molecule has 0 saturated carbocycles. The molecule has 1 heterocycles. The minimum atomic E-state index is 0.368. The van der Waals surface area contributed by atoms with Crippen molar-refractivity contribution in [1.82, 2.24) is 0 Å². The fraction of sp³-hybridized carbons (Fsp3) is 0.667. The first-order chi connectivity index (χ1) is 2.00. The molecule has 0 bridgehead atoms. The van der Waals surface area contributed by atoms with Gasteiger partial charge in [-0.05, 0) is 0 Å². The van der Waals surface area contributed by atoms with Crippen molar-refractivity contribution >= 4 is 21.5 Å². The number of rotatable bonds is 0. The number of hydrogen-bond acceptors (Lipinski definition) is 0. The average molecular weight is 111 g/mol. The van der Waals surface area contributed by atoms with Gasteiger partial charge in [0, 0.05) is 0 Å². The molecule has 0 aliphatic carbocycles. The Bertz CT molecular complexity index is 32.5. The van der Waals surface area contributed by atoms with Crippen molar-refractivity contribution < 1.29 is 0 Å². The molecule has 0 spiro atoms. The van der Waals surface area contributed by atoms with Gasteiger partial charge in [0.25, 0.3) is 0 Å². The van der Waals surface area contributed by atoms with Crippen molar-refractivity contribution in [3.05, 3.63) is 0 Å². The molecule has 0 fully saturated rings. The van der Waals surface area contributed by atoms with Crippen LogP contribution in [0.4, 0.5) is 0 Å². The summed E-state index contributed by atoms with van der Waals surface area (Å²) in [6.07, 6.45) is 1.44. The van der Waals surface area contributed by atoms with Crippen LogP contribution in [0.5, 0.6) is 0 Å². The Labute approximate surface area is 33.5 Å². The molecule has 0 aromatic carbocycles. The third-order valence-electron chi connectivity index (χ3n) is 0.667. The van der Waals surface area contributed by atoms with Gasteiger partial charge in [0.05, 0.1) is 0 Å². The molecule has 1 aliphatic rings. The molecule has 0 atom stereocenters. The molecule has 0 amide bonds. The van der Waals surface area contributed by atoms with Gasteiger partial charge in [-0.3, -0.25) is 0 Å². The van der Waals surface area contributed by atoms with Gasteiger partial charge < -0.3 is 0 Å². The maximum absolute atomic E-state index is 2.46. The summed E-state index contributed by atoms with van der Waals surface area (Å²) in [6.45, 7) is 0. The van der Waals surface area contributed by atoms with Crippen LogP contribution in [-0.4, -0.2) is 21.5 Å². The van der Waals surface area contributed by atoms with E-state index in [4.69, 9.17) is 0 Å². The van der Waals surface area contributed by atoms with Crippen LogP contribution in [0.15, 0.2) is 0 Å². The van der Waals surface area contributed by atoms with E-state index in [2.05, 4.69) is 4.57 Å². The fourth-order valence-corrected chi connectivity index (χ4v) is 0.866. The maximum atomic E-state index is 2.46. The Morgan fingerprint density at radius 1 is 1.75 bits per heavy atom. The van der Waals surface area contributed by atoms with Crippen LogP contribution in [0.3, 0.4) is 0 Å². The van der Waals surface area contributed by atoms with Crippen LogP contribution in [0.25, 0.3) is 0 Å². The quantitative estimate of drug-likeness (QED) is 0.394. The summed E-state index contributed by atoms with van der Waals surface area (Å²) in [5.41, 5.74) is 0. The Hall–Kier alpha value is 0.506. The van der Waals surface area contributed by atoms with Gasteiger partial charge in [0.15, 0.2) is 0 Å². The average Bonchev–Trinajstić information content (AvgIpc) is 0.722. The molecule has 0 aromatic rings. The van der Waals surface area contributed by atoms with E-state index < -0.39 is 0 Å². The van der Waals surface area contributed by atoms with Gasteiger partial charge in [-0.25, -0.2) is 0 Å². The van der Waals surface area contributed by atoms with Crippen molar-refractivity contribution in [3.63, 3.8) is 0 Å². The zero-order chi connectivity index (χ0) is 2.83. The molecule has 0 saturated heterocycles. The zero-order valence-corrected chi connectivity index (χ0v) is 4.99. The topological polar surface area (TPSA) is 0 Å². The molecule has 0 nitrogen and oxygen atoms in total. The summed E-state index contributed by atoms with van der Waals surface area (Å²) in [5, 5.41) is 0. The van der Waals surface area contributed by atoms with Crippen molar-refractivity contribution in [2.45, 2.75) is 11.4 Å². The van der Waals surface area contributed by atoms with E-state index in [-0.39, 0.29) is 0 Å². The van der Waals surface area contributed by atoms with Crippen LogP contribution >= 0.6 is 0 Å². The van der Waals surface area contributed by atoms with Crippen molar-refractivity contribution in [3.8, 4) is 0 Å². The van der Waals surface area contributed by atoms with E-state index in [1.165, 1.54) is 6.42 Å². The molecule has 4 heavy (non-hydrogen) atoms. The Morgan fingerprint density at radius 2 is 2.00 bits per heavy atom. The third kappa shape index (κ3) is 0.280. The Balaban J connectivity index is 2.47.